The summed E-state index contributed by atoms with van der Waals surface area (Å²) in [5.41, 5.74) is 8.64. The second kappa shape index (κ2) is 8.69. The lowest BCUT2D eigenvalue weighted by Gasteiger charge is -2.13. The number of hydrogen-bond acceptors (Lipinski definition) is 3. The second-order valence-corrected chi connectivity index (χ2v) is 6.05. The molecular formula is C19H23ClN4O2. The first kappa shape index (κ1) is 19.8. The number of para-hydroxylation sites is 2. The third-order valence-electron chi connectivity index (χ3n) is 4.36. The molecular weight excluding hydrogens is 352 g/mol. The van der Waals surface area contributed by atoms with Crippen molar-refractivity contribution in [1.82, 2.24) is 14.5 Å². The molecule has 1 atom stereocenters. The number of fused-ring (bicyclic) bond motifs is 1. The van der Waals surface area contributed by atoms with Gasteiger partial charge < -0.3 is 11.1 Å². The minimum absolute atomic E-state index is 0. The lowest BCUT2D eigenvalue weighted by Crippen LogP contribution is -2.33. The van der Waals surface area contributed by atoms with Gasteiger partial charge in [-0.15, -0.1) is 12.4 Å². The van der Waals surface area contributed by atoms with Crippen LogP contribution in [0.3, 0.4) is 0 Å². The van der Waals surface area contributed by atoms with Crippen LogP contribution in [0.1, 0.15) is 18.0 Å². The molecule has 138 valence electrons. The van der Waals surface area contributed by atoms with Gasteiger partial charge in [-0.3, -0.25) is 13.9 Å². The molecule has 0 aliphatic carbocycles. The first-order chi connectivity index (χ1) is 12.1. The third kappa shape index (κ3) is 4.15. The fourth-order valence-corrected chi connectivity index (χ4v) is 2.92. The van der Waals surface area contributed by atoms with Crippen molar-refractivity contribution in [3.8, 4) is 0 Å². The molecule has 7 heteroatoms. The van der Waals surface area contributed by atoms with E-state index in [2.05, 4.69) is 5.32 Å². The van der Waals surface area contributed by atoms with Crippen LogP contribution in [0, 0.1) is 0 Å². The number of amides is 1. The fraction of sp³-hybridized carbons (Fsp3) is 0.263. The molecule has 1 heterocycles. The number of imidazole rings is 1. The highest BCUT2D eigenvalue weighted by atomic mass is 35.5. The van der Waals surface area contributed by atoms with Crippen LogP contribution in [0.5, 0.6) is 0 Å². The summed E-state index contributed by atoms with van der Waals surface area (Å²) in [7, 11) is 1.74. The Morgan fingerprint density at radius 3 is 2.38 bits per heavy atom. The summed E-state index contributed by atoms with van der Waals surface area (Å²) in [6, 6.07) is 17.0. The van der Waals surface area contributed by atoms with Gasteiger partial charge in [0.05, 0.1) is 11.0 Å². The van der Waals surface area contributed by atoms with Gasteiger partial charge in [0, 0.05) is 32.6 Å². The zero-order valence-corrected chi connectivity index (χ0v) is 15.4. The van der Waals surface area contributed by atoms with Crippen molar-refractivity contribution in [2.24, 2.45) is 12.8 Å². The minimum Gasteiger partial charge on any atom is -0.354 e. The molecule has 0 aliphatic heterocycles. The van der Waals surface area contributed by atoms with Gasteiger partial charge in [-0.25, -0.2) is 4.79 Å². The van der Waals surface area contributed by atoms with Crippen LogP contribution in [-0.2, 0) is 18.4 Å². The molecule has 0 aliphatic rings. The number of carbonyl (C=O) groups excluding carboxylic acids is 1. The summed E-state index contributed by atoms with van der Waals surface area (Å²) in [4.78, 5) is 24.4. The molecule has 1 unspecified atom stereocenters. The van der Waals surface area contributed by atoms with Gasteiger partial charge in [0.1, 0.15) is 0 Å². The number of aryl methyl sites for hydroxylation is 2. The van der Waals surface area contributed by atoms with E-state index in [0.29, 0.717) is 13.1 Å². The minimum atomic E-state index is -0.245. The number of rotatable bonds is 6. The number of aromatic nitrogens is 2. The Hall–Kier alpha value is -2.57. The maximum atomic E-state index is 12.3. The van der Waals surface area contributed by atoms with Crippen molar-refractivity contribution in [3.05, 3.63) is 70.6 Å². The molecule has 1 aromatic heterocycles. The predicted octanol–water partition coefficient (Wildman–Crippen LogP) is 1.97. The number of halogens is 1. The monoisotopic (exact) mass is 374 g/mol. The van der Waals surface area contributed by atoms with Crippen molar-refractivity contribution in [1.29, 1.82) is 0 Å². The summed E-state index contributed by atoms with van der Waals surface area (Å²) in [6.45, 7) is 0.708. The molecule has 0 saturated heterocycles. The van der Waals surface area contributed by atoms with Crippen molar-refractivity contribution in [2.75, 3.05) is 6.54 Å². The molecule has 0 spiro atoms. The van der Waals surface area contributed by atoms with E-state index in [4.69, 9.17) is 5.73 Å². The number of benzene rings is 2. The molecule has 0 radical (unpaired) electrons. The quantitative estimate of drug-likeness (QED) is 0.692. The molecule has 26 heavy (non-hydrogen) atoms. The molecule has 2 aromatic carbocycles. The largest absolute Gasteiger partial charge is 0.354 e. The van der Waals surface area contributed by atoms with Crippen molar-refractivity contribution < 1.29 is 4.79 Å². The molecule has 1 amide bonds. The van der Waals surface area contributed by atoms with Crippen molar-refractivity contribution >= 4 is 29.3 Å². The Kier molecular flexibility index (Phi) is 6.60. The summed E-state index contributed by atoms with van der Waals surface area (Å²) in [5, 5.41) is 2.84. The predicted molar refractivity (Wildman–Crippen MR) is 105 cm³/mol. The van der Waals surface area contributed by atoms with Crippen LogP contribution in [0.2, 0.25) is 0 Å². The SMILES string of the molecule is Cl.Cn1c(=O)n(CCC(=O)NCC(N)c2ccccc2)c2ccccc21. The average molecular weight is 375 g/mol. The van der Waals surface area contributed by atoms with Crippen LogP contribution < -0.4 is 16.7 Å². The summed E-state index contributed by atoms with van der Waals surface area (Å²) < 4.78 is 3.23. The first-order valence-electron chi connectivity index (χ1n) is 8.29. The molecule has 0 bridgehead atoms. The van der Waals surface area contributed by atoms with Gasteiger partial charge in [-0.1, -0.05) is 42.5 Å². The van der Waals surface area contributed by atoms with Gasteiger partial charge in [-0.05, 0) is 17.7 Å². The Morgan fingerprint density at radius 2 is 1.69 bits per heavy atom. The highest BCUT2D eigenvalue weighted by molar-refractivity contribution is 5.85. The first-order valence-corrected chi connectivity index (χ1v) is 8.29. The summed E-state index contributed by atoms with van der Waals surface area (Å²) >= 11 is 0. The lowest BCUT2D eigenvalue weighted by molar-refractivity contribution is -0.121. The molecule has 3 N–H and O–H groups in total. The van der Waals surface area contributed by atoms with E-state index in [1.54, 1.807) is 16.2 Å². The van der Waals surface area contributed by atoms with E-state index in [1.807, 2.05) is 54.6 Å². The van der Waals surface area contributed by atoms with Crippen molar-refractivity contribution in [2.45, 2.75) is 19.0 Å². The summed E-state index contributed by atoms with van der Waals surface area (Å²) in [5.74, 6) is -0.119. The van der Waals surface area contributed by atoms with Gasteiger partial charge in [0.2, 0.25) is 5.91 Å². The summed E-state index contributed by atoms with van der Waals surface area (Å²) in [6.07, 6.45) is 0.232. The molecule has 3 rings (SSSR count). The Bertz CT molecular complexity index is 934. The van der Waals surface area contributed by atoms with Crippen LogP contribution >= 0.6 is 12.4 Å². The Labute approximate surface area is 158 Å². The highest BCUT2D eigenvalue weighted by Crippen LogP contribution is 2.12. The highest BCUT2D eigenvalue weighted by Gasteiger charge is 2.12. The number of nitrogens with one attached hydrogen (secondary N) is 1. The van der Waals surface area contributed by atoms with Gasteiger partial charge in [0.25, 0.3) is 0 Å². The molecule has 3 aromatic rings. The smallest absolute Gasteiger partial charge is 0.328 e. The zero-order chi connectivity index (χ0) is 17.8. The number of nitrogens with zero attached hydrogens (tertiary/aromatic N) is 2. The second-order valence-electron chi connectivity index (χ2n) is 6.05. The van der Waals surface area contributed by atoms with Gasteiger partial charge in [-0.2, -0.15) is 0 Å². The molecule has 0 fully saturated rings. The van der Waals surface area contributed by atoms with Crippen LogP contribution in [-0.4, -0.2) is 21.6 Å². The standard InChI is InChI=1S/C19H22N4O2.ClH/c1-22-16-9-5-6-10-17(16)23(19(22)25)12-11-18(24)21-13-15(20)14-7-3-2-4-8-14;/h2-10,15H,11-13,20H2,1H3,(H,21,24);1H. The van der Waals surface area contributed by atoms with E-state index in [9.17, 15) is 9.59 Å². The average Bonchev–Trinajstić information content (AvgIpc) is 2.89. The lowest BCUT2D eigenvalue weighted by atomic mass is 10.1. The normalized spacial score (nSPS) is 11.8. The van der Waals surface area contributed by atoms with E-state index in [-0.39, 0.29) is 36.5 Å². The van der Waals surface area contributed by atoms with E-state index in [1.165, 1.54) is 0 Å². The number of carbonyl (C=O) groups is 1. The zero-order valence-electron chi connectivity index (χ0n) is 14.6. The Balaban J connectivity index is 0.00000243. The number of nitrogens with two attached hydrogens (primary N) is 1. The Morgan fingerprint density at radius 1 is 1.08 bits per heavy atom. The molecule has 0 saturated carbocycles. The van der Waals surface area contributed by atoms with Crippen molar-refractivity contribution in [3.63, 3.8) is 0 Å². The maximum absolute atomic E-state index is 12.3. The fourth-order valence-electron chi connectivity index (χ4n) is 2.92. The van der Waals surface area contributed by atoms with Crippen LogP contribution in [0.4, 0.5) is 0 Å². The topological polar surface area (TPSA) is 82.0 Å². The van der Waals surface area contributed by atoms with E-state index >= 15 is 0 Å². The van der Waals surface area contributed by atoms with Gasteiger partial charge >= 0.3 is 5.69 Å². The molecule has 6 nitrogen and oxygen atoms in total. The van der Waals surface area contributed by atoms with E-state index in [0.717, 1.165) is 16.6 Å². The van der Waals surface area contributed by atoms with Crippen LogP contribution in [0.25, 0.3) is 11.0 Å². The van der Waals surface area contributed by atoms with Gasteiger partial charge in [0.15, 0.2) is 0 Å². The van der Waals surface area contributed by atoms with E-state index < -0.39 is 0 Å². The van der Waals surface area contributed by atoms with Crippen LogP contribution in [0.15, 0.2) is 59.4 Å². The number of hydrogen-bond donors (Lipinski definition) is 2. The third-order valence-corrected chi connectivity index (χ3v) is 4.36. The maximum Gasteiger partial charge on any atom is 0.328 e.